The van der Waals surface area contributed by atoms with Gasteiger partial charge in [0.25, 0.3) is 0 Å². The molecule has 0 aliphatic carbocycles. The van der Waals surface area contributed by atoms with Crippen molar-refractivity contribution in [3.8, 4) is 0 Å². The monoisotopic (exact) mass is 211 g/mol. The molecule has 1 aliphatic rings. The Kier molecular flexibility index (Phi) is 2.94. The average molecular weight is 212 g/mol. The highest BCUT2D eigenvalue weighted by Crippen LogP contribution is 2.24. The Morgan fingerprint density at radius 1 is 1.36 bits per heavy atom. The van der Waals surface area contributed by atoms with Gasteiger partial charge in [-0.2, -0.15) is 0 Å². The van der Waals surface area contributed by atoms with Crippen molar-refractivity contribution in [1.29, 1.82) is 0 Å². The first-order valence-electron chi connectivity index (χ1n) is 4.78. The molecule has 0 amide bonds. The number of benzene rings is 1. The second-order valence-corrected chi connectivity index (χ2v) is 3.93. The van der Waals surface area contributed by atoms with E-state index in [2.05, 4.69) is 30.1 Å². The Morgan fingerprint density at radius 2 is 2.14 bits per heavy atom. The summed E-state index contributed by atoms with van der Waals surface area (Å²) >= 11 is 5.70. The highest BCUT2D eigenvalue weighted by molar-refractivity contribution is 6.18. The molecule has 76 valence electrons. The summed E-state index contributed by atoms with van der Waals surface area (Å²) in [5.41, 5.74) is 3.84. The van der Waals surface area contributed by atoms with Crippen LogP contribution in [0.25, 0.3) is 0 Å². The Labute approximate surface area is 89.4 Å². The third-order valence-electron chi connectivity index (χ3n) is 2.57. The van der Waals surface area contributed by atoms with Gasteiger partial charge in [0, 0.05) is 25.2 Å². The lowest BCUT2D eigenvalue weighted by molar-refractivity contribution is 0.134. The summed E-state index contributed by atoms with van der Waals surface area (Å²) < 4.78 is 5.37. The zero-order valence-corrected chi connectivity index (χ0v) is 9.05. The summed E-state index contributed by atoms with van der Waals surface area (Å²) in [4.78, 5) is 2.16. The van der Waals surface area contributed by atoms with Gasteiger partial charge in [0.2, 0.25) is 0 Å². The molecule has 3 heteroatoms. The predicted octanol–water partition coefficient (Wildman–Crippen LogP) is 2.39. The van der Waals surface area contributed by atoms with Gasteiger partial charge in [-0.25, -0.2) is 0 Å². The van der Waals surface area contributed by atoms with Crippen LogP contribution in [-0.2, 0) is 18.0 Å². The summed E-state index contributed by atoms with van der Waals surface area (Å²) in [5, 5.41) is 0. The minimum atomic E-state index is 0.657. The fourth-order valence-electron chi connectivity index (χ4n) is 1.65. The lowest BCUT2D eigenvalue weighted by Crippen LogP contribution is -2.19. The molecule has 14 heavy (non-hydrogen) atoms. The number of rotatable bonds is 3. The molecule has 1 aliphatic heterocycles. The number of hydrogen-bond acceptors (Lipinski definition) is 2. The largest absolute Gasteiger partial charge is 0.373 e. The Hall–Kier alpha value is -0.730. The molecule has 0 radical (unpaired) electrons. The molecule has 0 fully saturated rings. The molecular weight excluding hydrogens is 198 g/mol. The number of fused-ring (bicyclic) bond motifs is 1. The van der Waals surface area contributed by atoms with Crippen LogP contribution in [-0.4, -0.2) is 19.5 Å². The van der Waals surface area contributed by atoms with Crippen LogP contribution >= 0.6 is 11.6 Å². The summed E-state index contributed by atoms with van der Waals surface area (Å²) in [5.74, 6) is 0.657. The van der Waals surface area contributed by atoms with Crippen molar-refractivity contribution in [2.75, 3.05) is 24.4 Å². The van der Waals surface area contributed by atoms with E-state index in [0.29, 0.717) is 5.88 Å². The van der Waals surface area contributed by atoms with Gasteiger partial charge >= 0.3 is 0 Å². The van der Waals surface area contributed by atoms with E-state index in [1.54, 1.807) is 0 Å². The van der Waals surface area contributed by atoms with Crippen molar-refractivity contribution in [3.63, 3.8) is 0 Å². The molecule has 2 nitrogen and oxygen atoms in total. The minimum absolute atomic E-state index is 0.657. The van der Waals surface area contributed by atoms with Gasteiger partial charge in [-0.15, -0.1) is 11.6 Å². The molecule has 2 rings (SSSR count). The number of nitrogens with zero attached hydrogens (tertiary/aromatic N) is 1. The van der Waals surface area contributed by atoms with Gasteiger partial charge < -0.3 is 9.64 Å². The second kappa shape index (κ2) is 4.20. The molecule has 0 unspecified atom stereocenters. The molecule has 1 aromatic carbocycles. The average Bonchev–Trinajstić information content (AvgIpc) is 2.64. The first-order chi connectivity index (χ1) is 6.81. The van der Waals surface area contributed by atoms with Crippen LogP contribution in [0.15, 0.2) is 18.2 Å². The van der Waals surface area contributed by atoms with E-state index in [1.165, 1.54) is 16.8 Å². The van der Waals surface area contributed by atoms with E-state index in [4.69, 9.17) is 16.3 Å². The standard InChI is InChI=1S/C11H14ClNO/c1-13(5-4-12)11-3-2-9-7-14-8-10(9)6-11/h2-3,6H,4-5,7-8H2,1H3. The van der Waals surface area contributed by atoms with Crippen molar-refractivity contribution in [3.05, 3.63) is 29.3 Å². The van der Waals surface area contributed by atoms with Gasteiger partial charge in [-0.3, -0.25) is 0 Å². The first-order valence-corrected chi connectivity index (χ1v) is 5.31. The quantitative estimate of drug-likeness (QED) is 0.712. The number of halogens is 1. The van der Waals surface area contributed by atoms with Crippen molar-refractivity contribution >= 4 is 17.3 Å². The number of hydrogen-bond donors (Lipinski definition) is 0. The van der Waals surface area contributed by atoms with Crippen LogP contribution < -0.4 is 4.90 Å². The molecule has 0 spiro atoms. The fraction of sp³-hybridized carbons (Fsp3) is 0.455. The Balaban J connectivity index is 2.19. The van der Waals surface area contributed by atoms with Crippen LogP contribution in [0.1, 0.15) is 11.1 Å². The normalized spacial score (nSPS) is 14.1. The van der Waals surface area contributed by atoms with Crippen LogP contribution in [0.5, 0.6) is 0 Å². The summed E-state index contributed by atoms with van der Waals surface area (Å²) in [6.45, 7) is 2.38. The van der Waals surface area contributed by atoms with E-state index in [0.717, 1.165) is 19.8 Å². The van der Waals surface area contributed by atoms with Gasteiger partial charge in [0.15, 0.2) is 0 Å². The molecular formula is C11H14ClNO. The number of ether oxygens (including phenoxy) is 1. The van der Waals surface area contributed by atoms with E-state index in [-0.39, 0.29) is 0 Å². The zero-order chi connectivity index (χ0) is 9.97. The molecule has 0 saturated heterocycles. The second-order valence-electron chi connectivity index (χ2n) is 3.56. The zero-order valence-electron chi connectivity index (χ0n) is 8.29. The smallest absolute Gasteiger partial charge is 0.0725 e. The third kappa shape index (κ3) is 1.86. The fourth-order valence-corrected chi connectivity index (χ4v) is 1.91. The molecule has 1 heterocycles. The SMILES string of the molecule is CN(CCCl)c1ccc2c(c1)COC2. The lowest BCUT2D eigenvalue weighted by atomic mass is 10.1. The van der Waals surface area contributed by atoms with Crippen molar-refractivity contribution < 1.29 is 4.74 Å². The molecule has 1 aromatic rings. The van der Waals surface area contributed by atoms with Gasteiger partial charge in [-0.05, 0) is 23.3 Å². The topological polar surface area (TPSA) is 12.5 Å². The van der Waals surface area contributed by atoms with Crippen molar-refractivity contribution in [2.24, 2.45) is 0 Å². The van der Waals surface area contributed by atoms with Crippen LogP contribution in [0, 0.1) is 0 Å². The van der Waals surface area contributed by atoms with Crippen LogP contribution in [0.2, 0.25) is 0 Å². The predicted molar refractivity (Wildman–Crippen MR) is 58.9 cm³/mol. The van der Waals surface area contributed by atoms with Gasteiger partial charge in [0.05, 0.1) is 13.2 Å². The highest BCUT2D eigenvalue weighted by Gasteiger charge is 2.12. The van der Waals surface area contributed by atoms with Gasteiger partial charge in [-0.1, -0.05) is 6.07 Å². The van der Waals surface area contributed by atoms with Crippen molar-refractivity contribution in [1.82, 2.24) is 0 Å². The maximum absolute atomic E-state index is 5.70. The molecule has 0 atom stereocenters. The molecule has 0 aromatic heterocycles. The maximum Gasteiger partial charge on any atom is 0.0725 e. The van der Waals surface area contributed by atoms with Crippen molar-refractivity contribution in [2.45, 2.75) is 13.2 Å². The third-order valence-corrected chi connectivity index (χ3v) is 2.73. The number of anilines is 1. The van der Waals surface area contributed by atoms with E-state index >= 15 is 0 Å². The highest BCUT2D eigenvalue weighted by atomic mass is 35.5. The summed E-state index contributed by atoms with van der Waals surface area (Å²) in [7, 11) is 2.06. The lowest BCUT2D eigenvalue weighted by Gasteiger charge is -2.18. The first kappa shape index (κ1) is 9.81. The van der Waals surface area contributed by atoms with E-state index in [9.17, 15) is 0 Å². The Bertz CT molecular complexity index is 327. The number of alkyl halides is 1. The van der Waals surface area contributed by atoms with E-state index in [1.807, 2.05) is 0 Å². The molecule has 0 N–H and O–H groups in total. The van der Waals surface area contributed by atoms with Crippen LogP contribution in [0.4, 0.5) is 5.69 Å². The summed E-state index contributed by atoms with van der Waals surface area (Å²) in [6.07, 6.45) is 0. The maximum atomic E-state index is 5.70. The van der Waals surface area contributed by atoms with Crippen LogP contribution in [0.3, 0.4) is 0 Å². The Morgan fingerprint density at radius 3 is 2.93 bits per heavy atom. The minimum Gasteiger partial charge on any atom is -0.373 e. The van der Waals surface area contributed by atoms with Gasteiger partial charge in [0.1, 0.15) is 0 Å². The van der Waals surface area contributed by atoms with E-state index < -0.39 is 0 Å². The molecule has 0 bridgehead atoms. The summed E-state index contributed by atoms with van der Waals surface area (Å²) in [6, 6.07) is 6.46. The molecule has 0 saturated carbocycles.